The number of benzene rings is 1. The molecule has 0 unspecified atom stereocenters. The molecule has 128 valence electrons. The molecular weight excluding hydrogens is 341 g/mol. The quantitative estimate of drug-likeness (QED) is 0.461. The van der Waals surface area contributed by atoms with Crippen LogP contribution >= 0.6 is 11.8 Å². The van der Waals surface area contributed by atoms with Crippen LogP contribution in [0.15, 0.2) is 35.5 Å². The van der Waals surface area contributed by atoms with Gasteiger partial charge in [0.15, 0.2) is 5.16 Å². The molecule has 24 heavy (non-hydrogen) atoms. The van der Waals surface area contributed by atoms with E-state index in [4.69, 9.17) is 4.74 Å². The van der Waals surface area contributed by atoms with Gasteiger partial charge in [-0.3, -0.25) is 4.79 Å². The molecule has 0 spiro atoms. The Kier molecular flexibility index (Phi) is 5.82. The highest BCUT2D eigenvalue weighted by molar-refractivity contribution is 7.99. The van der Waals surface area contributed by atoms with Gasteiger partial charge in [0.2, 0.25) is 0 Å². The monoisotopic (exact) mass is 356 g/mol. The molecule has 0 saturated carbocycles. The fraction of sp³-hybridized carbons (Fsp3) is 0.312. The summed E-state index contributed by atoms with van der Waals surface area (Å²) in [5, 5.41) is 0.485. The van der Waals surface area contributed by atoms with Crippen molar-refractivity contribution in [3.05, 3.63) is 52.8 Å². The van der Waals surface area contributed by atoms with E-state index < -0.39 is 17.7 Å². The Hall–Kier alpha value is -2.09. The second kappa shape index (κ2) is 7.65. The van der Waals surface area contributed by atoms with Gasteiger partial charge in [0.1, 0.15) is 6.61 Å². The highest BCUT2D eigenvalue weighted by Crippen LogP contribution is 2.29. The van der Waals surface area contributed by atoms with Crippen LogP contribution in [0.1, 0.15) is 22.5 Å². The molecule has 2 rings (SSSR count). The first-order valence-electron chi connectivity index (χ1n) is 7.01. The average Bonchev–Trinajstić information content (AvgIpc) is 2.49. The number of rotatable bonds is 5. The predicted octanol–water partition coefficient (Wildman–Crippen LogP) is 3.95. The van der Waals surface area contributed by atoms with Gasteiger partial charge in [-0.15, -0.1) is 0 Å². The Morgan fingerprint density at radius 1 is 1.12 bits per heavy atom. The molecule has 0 saturated heterocycles. The second-order valence-corrected chi connectivity index (χ2v) is 6.02. The average molecular weight is 356 g/mol. The molecule has 0 aliphatic heterocycles. The lowest BCUT2D eigenvalue weighted by molar-refractivity contribution is -0.142. The van der Waals surface area contributed by atoms with E-state index in [2.05, 4.69) is 9.97 Å². The Morgan fingerprint density at radius 3 is 2.25 bits per heavy atom. The van der Waals surface area contributed by atoms with Gasteiger partial charge in [0, 0.05) is 11.4 Å². The number of nitrogens with zero attached hydrogens (tertiary/aromatic N) is 2. The van der Waals surface area contributed by atoms with Crippen molar-refractivity contribution in [1.29, 1.82) is 0 Å². The van der Waals surface area contributed by atoms with Crippen LogP contribution in [0, 0.1) is 13.8 Å². The Morgan fingerprint density at radius 2 is 1.71 bits per heavy atom. The maximum atomic E-state index is 12.5. The van der Waals surface area contributed by atoms with Crippen molar-refractivity contribution in [3.8, 4) is 0 Å². The summed E-state index contributed by atoms with van der Waals surface area (Å²) < 4.78 is 42.4. The number of aromatic nitrogens is 2. The van der Waals surface area contributed by atoms with Crippen LogP contribution in [0.4, 0.5) is 13.2 Å². The smallest absolute Gasteiger partial charge is 0.416 e. The summed E-state index contributed by atoms with van der Waals surface area (Å²) in [5.74, 6) is -0.452. The van der Waals surface area contributed by atoms with Crippen molar-refractivity contribution in [2.75, 3.05) is 5.75 Å². The van der Waals surface area contributed by atoms with Gasteiger partial charge < -0.3 is 4.74 Å². The number of carbonyl (C=O) groups excluding carboxylic acids is 1. The van der Waals surface area contributed by atoms with Gasteiger partial charge in [-0.05, 0) is 37.6 Å². The van der Waals surface area contributed by atoms with Crippen molar-refractivity contribution in [3.63, 3.8) is 0 Å². The van der Waals surface area contributed by atoms with Crippen molar-refractivity contribution in [1.82, 2.24) is 9.97 Å². The highest BCUT2D eigenvalue weighted by Gasteiger charge is 2.29. The number of halogens is 3. The van der Waals surface area contributed by atoms with E-state index in [0.29, 0.717) is 10.7 Å². The number of esters is 1. The maximum Gasteiger partial charge on any atom is 0.416 e. The van der Waals surface area contributed by atoms with Gasteiger partial charge in [-0.2, -0.15) is 13.2 Å². The topological polar surface area (TPSA) is 52.1 Å². The normalized spacial score (nSPS) is 11.4. The lowest BCUT2D eigenvalue weighted by atomic mass is 10.1. The first-order valence-corrected chi connectivity index (χ1v) is 7.99. The Bertz CT molecular complexity index is 698. The number of alkyl halides is 3. The number of ether oxygens (including phenoxy) is 1. The first-order chi connectivity index (χ1) is 11.2. The lowest BCUT2D eigenvalue weighted by Crippen LogP contribution is -2.09. The van der Waals surface area contributed by atoms with Crippen molar-refractivity contribution in [2.24, 2.45) is 0 Å². The third kappa shape index (κ3) is 5.52. The van der Waals surface area contributed by atoms with E-state index >= 15 is 0 Å². The maximum absolute atomic E-state index is 12.5. The van der Waals surface area contributed by atoms with Gasteiger partial charge in [-0.25, -0.2) is 9.97 Å². The number of carbonyl (C=O) groups is 1. The molecule has 0 N–H and O–H groups in total. The molecule has 4 nitrogen and oxygen atoms in total. The molecule has 1 aromatic heterocycles. The third-order valence-electron chi connectivity index (χ3n) is 2.96. The van der Waals surface area contributed by atoms with Crippen LogP contribution in [0.2, 0.25) is 0 Å². The van der Waals surface area contributed by atoms with Gasteiger partial charge in [0.05, 0.1) is 11.3 Å². The van der Waals surface area contributed by atoms with E-state index in [1.165, 1.54) is 12.1 Å². The number of hydrogen-bond donors (Lipinski definition) is 0. The van der Waals surface area contributed by atoms with Gasteiger partial charge >= 0.3 is 12.1 Å². The molecule has 0 radical (unpaired) electrons. The summed E-state index contributed by atoms with van der Waals surface area (Å²) in [6.45, 7) is 3.59. The zero-order valence-corrected chi connectivity index (χ0v) is 13.9. The van der Waals surface area contributed by atoms with Crippen LogP contribution in [0.3, 0.4) is 0 Å². The Labute approximate surface area is 141 Å². The zero-order chi connectivity index (χ0) is 17.7. The zero-order valence-electron chi connectivity index (χ0n) is 13.1. The van der Waals surface area contributed by atoms with Crippen LogP contribution in [0.5, 0.6) is 0 Å². The molecule has 1 heterocycles. The van der Waals surface area contributed by atoms with Gasteiger partial charge in [0.25, 0.3) is 0 Å². The van der Waals surface area contributed by atoms with Crippen molar-refractivity contribution < 1.29 is 22.7 Å². The molecular formula is C16H15F3N2O2S. The van der Waals surface area contributed by atoms with Crippen molar-refractivity contribution >= 4 is 17.7 Å². The molecule has 0 aliphatic rings. The van der Waals surface area contributed by atoms with E-state index in [-0.39, 0.29) is 12.4 Å². The molecule has 0 bridgehead atoms. The molecule has 2 aromatic rings. The fourth-order valence-electron chi connectivity index (χ4n) is 1.88. The molecule has 8 heteroatoms. The standard InChI is InChI=1S/C16H15F3N2O2S/c1-10-7-11(2)21-15(20-10)24-9-14(22)23-8-12-3-5-13(6-4-12)16(17,18)19/h3-7H,8-9H2,1-2H3. The summed E-state index contributed by atoms with van der Waals surface area (Å²) in [7, 11) is 0. The Balaban J connectivity index is 1.82. The van der Waals surface area contributed by atoms with Crippen LogP contribution < -0.4 is 0 Å². The first kappa shape index (κ1) is 18.3. The minimum atomic E-state index is -4.38. The summed E-state index contributed by atoms with van der Waals surface area (Å²) in [5.41, 5.74) is 1.37. The van der Waals surface area contributed by atoms with E-state index in [0.717, 1.165) is 35.3 Å². The van der Waals surface area contributed by atoms with Crippen molar-refractivity contribution in [2.45, 2.75) is 31.8 Å². The molecule has 1 aromatic carbocycles. The van der Waals surface area contributed by atoms with E-state index in [1.54, 1.807) is 0 Å². The molecule has 0 atom stereocenters. The number of thioether (sulfide) groups is 1. The fourth-order valence-corrected chi connectivity index (χ4v) is 2.62. The van der Waals surface area contributed by atoms with Crippen LogP contribution in [-0.4, -0.2) is 21.7 Å². The van der Waals surface area contributed by atoms with E-state index in [9.17, 15) is 18.0 Å². The number of hydrogen-bond acceptors (Lipinski definition) is 5. The SMILES string of the molecule is Cc1cc(C)nc(SCC(=O)OCc2ccc(C(F)(F)F)cc2)n1. The highest BCUT2D eigenvalue weighted by atomic mass is 32.2. The predicted molar refractivity (Wildman–Crippen MR) is 83.5 cm³/mol. The largest absolute Gasteiger partial charge is 0.460 e. The second-order valence-electron chi connectivity index (χ2n) is 5.08. The summed E-state index contributed by atoms with van der Waals surface area (Å²) >= 11 is 1.15. The van der Waals surface area contributed by atoms with Gasteiger partial charge in [-0.1, -0.05) is 23.9 Å². The van der Waals surface area contributed by atoms with E-state index in [1.807, 2.05) is 19.9 Å². The minimum Gasteiger partial charge on any atom is -0.460 e. The summed E-state index contributed by atoms with van der Waals surface area (Å²) in [6.07, 6.45) is -4.38. The third-order valence-corrected chi connectivity index (χ3v) is 3.78. The minimum absolute atomic E-state index is 0.0313. The molecule has 0 amide bonds. The molecule has 0 aliphatic carbocycles. The van der Waals surface area contributed by atoms with Crippen LogP contribution in [-0.2, 0) is 22.3 Å². The molecule has 0 fully saturated rings. The summed E-state index contributed by atoms with van der Waals surface area (Å²) in [4.78, 5) is 20.1. The summed E-state index contributed by atoms with van der Waals surface area (Å²) in [6, 6.07) is 6.32. The van der Waals surface area contributed by atoms with Crippen LogP contribution in [0.25, 0.3) is 0 Å². The number of aryl methyl sites for hydroxylation is 2. The lowest BCUT2D eigenvalue weighted by Gasteiger charge is -2.08.